The molecule has 0 unspecified atom stereocenters. The number of hydrogen-bond donors (Lipinski definition) is 1. The molecule has 100 valence electrons. The summed E-state index contributed by atoms with van der Waals surface area (Å²) in [6, 6.07) is 11.2. The van der Waals surface area contributed by atoms with E-state index in [-0.39, 0.29) is 5.41 Å². The minimum atomic E-state index is 0.117. The number of nitrogens with zero attached hydrogens (tertiary/aromatic N) is 1. The summed E-state index contributed by atoms with van der Waals surface area (Å²) in [6.07, 6.45) is 0. The van der Waals surface area contributed by atoms with Crippen molar-refractivity contribution in [2.45, 2.75) is 26.2 Å². The van der Waals surface area contributed by atoms with Crippen LogP contribution in [0.4, 0.5) is 5.69 Å². The lowest BCUT2D eigenvalue weighted by molar-refractivity contribution is 0.464. The average molecular weight is 277 g/mol. The SMILES string of the molecule is CC(C)(C)c1ccc(Oc2nc(Cl)ccc2N)cc1. The van der Waals surface area contributed by atoms with Crippen LogP contribution in [0, 0.1) is 0 Å². The number of nitrogens with two attached hydrogens (primary N) is 1. The fourth-order valence-corrected chi connectivity index (χ4v) is 1.78. The maximum absolute atomic E-state index is 5.82. The van der Waals surface area contributed by atoms with Crippen LogP contribution in [-0.4, -0.2) is 4.98 Å². The van der Waals surface area contributed by atoms with Crippen molar-refractivity contribution in [3.05, 3.63) is 47.1 Å². The van der Waals surface area contributed by atoms with E-state index in [4.69, 9.17) is 22.1 Å². The molecule has 1 heterocycles. The van der Waals surface area contributed by atoms with Crippen molar-refractivity contribution in [1.29, 1.82) is 0 Å². The lowest BCUT2D eigenvalue weighted by Crippen LogP contribution is -2.10. The lowest BCUT2D eigenvalue weighted by Gasteiger charge is -2.19. The molecule has 0 saturated carbocycles. The van der Waals surface area contributed by atoms with Gasteiger partial charge in [-0.05, 0) is 35.2 Å². The Bertz CT molecular complexity index is 574. The molecular formula is C15H17ClN2O. The second-order valence-corrected chi connectivity index (χ2v) is 5.79. The van der Waals surface area contributed by atoms with Gasteiger partial charge in [0.1, 0.15) is 10.9 Å². The molecule has 19 heavy (non-hydrogen) atoms. The monoisotopic (exact) mass is 276 g/mol. The molecule has 0 aliphatic heterocycles. The zero-order chi connectivity index (χ0) is 14.0. The van der Waals surface area contributed by atoms with E-state index in [9.17, 15) is 0 Å². The Kier molecular flexibility index (Phi) is 3.67. The summed E-state index contributed by atoms with van der Waals surface area (Å²) in [4.78, 5) is 4.06. The standard InChI is InChI=1S/C15H17ClN2O/c1-15(2,3)10-4-6-11(7-5-10)19-14-12(17)8-9-13(16)18-14/h4-9H,17H2,1-3H3. The molecule has 0 saturated heterocycles. The first kappa shape index (κ1) is 13.7. The van der Waals surface area contributed by atoms with E-state index in [1.807, 2.05) is 24.3 Å². The van der Waals surface area contributed by atoms with E-state index in [1.54, 1.807) is 12.1 Å². The van der Waals surface area contributed by atoms with Crippen LogP contribution < -0.4 is 10.5 Å². The van der Waals surface area contributed by atoms with Gasteiger partial charge in [0.2, 0.25) is 5.88 Å². The second-order valence-electron chi connectivity index (χ2n) is 5.40. The van der Waals surface area contributed by atoms with E-state index in [2.05, 4.69) is 25.8 Å². The van der Waals surface area contributed by atoms with Crippen LogP contribution in [0.15, 0.2) is 36.4 Å². The fraction of sp³-hybridized carbons (Fsp3) is 0.267. The highest BCUT2D eigenvalue weighted by molar-refractivity contribution is 6.29. The Morgan fingerprint density at radius 1 is 1.05 bits per heavy atom. The summed E-state index contributed by atoms with van der Waals surface area (Å²) in [5.74, 6) is 1.02. The summed E-state index contributed by atoms with van der Waals surface area (Å²) in [7, 11) is 0. The van der Waals surface area contributed by atoms with Crippen molar-refractivity contribution >= 4 is 17.3 Å². The molecule has 2 N–H and O–H groups in total. The molecule has 2 aromatic rings. The van der Waals surface area contributed by atoms with Gasteiger partial charge in [-0.25, -0.2) is 0 Å². The number of anilines is 1. The minimum absolute atomic E-state index is 0.117. The van der Waals surface area contributed by atoms with Crippen molar-refractivity contribution in [3.63, 3.8) is 0 Å². The lowest BCUT2D eigenvalue weighted by atomic mass is 9.87. The number of halogens is 1. The van der Waals surface area contributed by atoms with Crippen molar-refractivity contribution in [3.8, 4) is 11.6 Å². The fourth-order valence-electron chi connectivity index (χ4n) is 1.65. The van der Waals surface area contributed by atoms with Crippen LogP contribution >= 0.6 is 11.6 Å². The molecular weight excluding hydrogens is 260 g/mol. The maximum Gasteiger partial charge on any atom is 0.244 e. The molecule has 0 amide bonds. The summed E-state index contributed by atoms with van der Waals surface area (Å²) < 4.78 is 5.64. The zero-order valence-electron chi connectivity index (χ0n) is 11.3. The molecule has 3 nitrogen and oxygen atoms in total. The highest BCUT2D eigenvalue weighted by Crippen LogP contribution is 2.29. The Morgan fingerprint density at radius 2 is 1.68 bits per heavy atom. The Hall–Kier alpha value is -1.74. The summed E-state index contributed by atoms with van der Waals surface area (Å²) >= 11 is 5.82. The highest BCUT2D eigenvalue weighted by Gasteiger charge is 2.13. The molecule has 2 rings (SSSR count). The number of pyridine rings is 1. The first-order valence-electron chi connectivity index (χ1n) is 6.07. The smallest absolute Gasteiger partial charge is 0.244 e. The first-order chi connectivity index (χ1) is 8.86. The number of aromatic nitrogens is 1. The molecule has 0 atom stereocenters. The normalized spacial score (nSPS) is 11.4. The highest BCUT2D eigenvalue weighted by atomic mass is 35.5. The number of hydrogen-bond acceptors (Lipinski definition) is 3. The van der Waals surface area contributed by atoms with Crippen molar-refractivity contribution in [2.75, 3.05) is 5.73 Å². The predicted octanol–water partition coefficient (Wildman–Crippen LogP) is 4.41. The second kappa shape index (κ2) is 5.10. The number of nitrogen functional groups attached to an aromatic ring is 1. The van der Waals surface area contributed by atoms with E-state index < -0.39 is 0 Å². The molecule has 0 bridgehead atoms. The average Bonchev–Trinajstić information content (AvgIpc) is 2.33. The van der Waals surface area contributed by atoms with Gasteiger partial charge in [0.05, 0.1) is 5.69 Å². The van der Waals surface area contributed by atoms with Crippen LogP contribution in [0.1, 0.15) is 26.3 Å². The third-order valence-electron chi connectivity index (χ3n) is 2.79. The molecule has 4 heteroatoms. The topological polar surface area (TPSA) is 48.1 Å². The van der Waals surface area contributed by atoms with Gasteiger partial charge in [0.25, 0.3) is 0 Å². The van der Waals surface area contributed by atoms with Crippen molar-refractivity contribution < 1.29 is 4.74 Å². The van der Waals surface area contributed by atoms with E-state index in [0.29, 0.717) is 22.5 Å². The van der Waals surface area contributed by atoms with Crippen LogP contribution in [0.25, 0.3) is 0 Å². The van der Waals surface area contributed by atoms with Gasteiger partial charge in [0, 0.05) is 0 Å². The molecule has 1 aromatic carbocycles. The van der Waals surface area contributed by atoms with E-state index in [1.165, 1.54) is 5.56 Å². The molecule has 0 fully saturated rings. The maximum atomic E-state index is 5.82. The Morgan fingerprint density at radius 3 is 2.26 bits per heavy atom. The Labute approximate surface area is 118 Å². The van der Waals surface area contributed by atoms with Gasteiger partial charge in [-0.1, -0.05) is 44.5 Å². The van der Waals surface area contributed by atoms with Gasteiger partial charge in [-0.3, -0.25) is 0 Å². The number of benzene rings is 1. The first-order valence-corrected chi connectivity index (χ1v) is 6.44. The summed E-state index contributed by atoms with van der Waals surface area (Å²) in [6.45, 7) is 6.50. The predicted molar refractivity (Wildman–Crippen MR) is 78.9 cm³/mol. The van der Waals surface area contributed by atoms with Crippen LogP contribution in [0.3, 0.4) is 0 Å². The van der Waals surface area contributed by atoms with Crippen LogP contribution in [-0.2, 0) is 5.41 Å². The molecule has 0 aliphatic rings. The molecule has 0 radical (unpaired) electrons. The zero-order valence-corrected chi connectivity index (χ0v) is 12.0. The quantitative estimate of drug-likeness (QED) is 0.827. The van der Waals surface area contributed by atoms with Gasteiger partial charge in [-0.2, -0.15) is 4.98 Å². The van der Waals surface area contributed by atoms with Crippen molar-refractivity contribution in [1.82, 2.24) is 4.98 Å². The van der Waals surface area contributed by atoms with E-state index in [0.717, 1.165) is 0 Å². The molecule has 0 aliphatic carbocycles. The third kappa shape index (κ3) is 3.38. The summed E-state index contributed by atoms with van der Waals surface area (Å²) in [5, 5.41) is 0.357. The van der Waals surface area contributed by atoms with Gasteiger partial charge in [0.15, 0.2) is 0 Å². The van der Waals surface area contributed by atoms with Crippen LogP contribution in [0.5, 0.6) is 11.6 Å². The number of ether oxygens (including phenoxy) is 1. The Balaban J connectivity index is 2.22. The van der Waals surface area contributed by atoms with Gasteiger partial charge < -0.3 is 10.5 Å². The van der Waals surface area contributed by atoms with E-state index >= 15 is 0 Å². The molecule has 0 spiro atoms. The van der Waals surface area contributed by atoms with Crippen molar-refractivity contribution in [2.24, 2.45) is 0 Å². The summed E-state index contributed by atoms with van der Waals surface area (Å²) in [5.41, 5.74) is 7.61. The molecule has 1 aromatic heterocycles. The number of rotatable bonds is 2. The van der Waals surface area contributed by atoms with Gasteiger partial charge >= 0.3 is 0 Å². The van der Waals surface area contributed by atoms with Crippen LogP contribution in [0.2, 0.25) is 5.15 Å². The minimum Gasteiger partial charge on any atom is -0.437 e. The van der Waals surface area contributed by atoms with Gasteiger partial charge in [-0.15, -0.1) is 0 Å². The largest absolute Gasteiger partial charge is 0.437 e. The third-order valence-corrected chi connectivity index (χ3v) is 3.00.